The Bertz CT molecular complexity index is 395. The second-order valence-corrected chi connectivity index (χ2v) is 4.39. The van der Waals surface area contributed by atoms with Crippen LogP contribution in [0.15, 0.2) is 18.2 Å². The van der Waals surface area contributed by atoms with Crippen molar-refractivity contribution in [1.29, 1.82) is 0 Å². The van der Waals surface area contributed by atoms with E-state index in [1.165, 1.54) is 18.2 Å². The van der Waals surface area contributed by atoms with E-state index in [4.69, 9.17) is 11.6 Å². The van der Waals surface area contributed by atoms with Gasteiger partial charge in [0.15, 0.2) is 11.5 Å². The zero-order chi connectivity index (χ0) is 12.8. The van der Waals surface area contributed by atoms with Gasteiger partial charge in [-0.1, -0.05) is 19.4 Å². The Morgan fingerprint density at radius 3 is 2.82 bits per heavy atom. The molecule has 1 unspecified atom stereocenters. The van der Waals surface area contributed by atoms with Crippen LogP contribution in [0.2, 0.25) is 0 Å². The monoisotopic (exact) mass is 257 g/mol. The van der Waals surface area contributed by atoms with Crippen molar-refractivity contribution in [2.45, 2.75) is 25.1 Å². The number of halogens is 1. The molecule has 0 heterocycles. The zero-order valence-corrected chi connectivity index (χ0v) is 10.4. The van der Waals surface area contributed by atoms with E-state index >= 15 is 0 Å². The van der Waals surface area contributed by atoms with Crippen LogP contribution >= 0.6 is 11.6 Å². The molecule has 1 aromatic carbocycles. The second-order valence-electron chi connectivity index (χ2n) is 3.77. The van der Waals surface area contributed by atoms with Crippen molar-refractivity contribution in [2.75, 3.05) is 6.54 Å². The number of carbonyl (C=O) groups is 1. The summed E-state index contributed by atoms with van der Waals surface area (Å²) in [5, 5.41) is 21.2. The third-order valence-electron chi connectivity index (χ3n) is 2.35. The van der Waals surface area contributed by atoms with E-state index in [1.54, 1.807) is 0 Å². The summed E-state index contributed by atoms with van der Waals surface area (Å²) >= 11 is 5.96. The Kier molecular flexibility index (Phi) is 5.10. The Labute approximate surface area is 105 Å². The van der Waals surface area contributed by atoms with Gasteiger partial charge in [-0.3, -0.25) is 4.79 Å². The number of hydrogen-bond donors (Lipinski definition) is 3. The summed E-state index contributed by atoms with van der Waals surface area (Å²) in [4.78, 5) is 11.7. The Morgan fingerprint density at radius 2 is 2.18 bits per heavy atom. The van der Waals surface area contributed by atoms with Gasteiger partial charge in [0.05, 0.1) is 10.9 Å². The van der Waals surface area contributed by atoms with E-state index in [1.807, 2.05) is 6.92 Å². The molecular formula is C12H16ClNO3. The highest BCUT2D eigenvalue weighted by Gasteiger charge is 2.14. The van der Waals surface area contributed by atoms with Crippen LogP contribution in [-0.4, -0.2) is 28.0 Å². The number of hydrogen-bond acceptors (Lipinski definition) is 3. The van der Waals surface area contributed by atoms with Crippen molar-refractivity contribution in [2.24, 2.45) is 0 Å². The minimum atomic E-state index is -0.444. The van der Waals surface area contributed by atoms with Crippen molar-refractivity contribution in [3.63, 3.8) is 0 Å². The zero-order valence-electron chi connectivity index (χ0n) is 9.61. The standard InChI is InChI=1S/C12H16ClNO3/c1-2-4-8(13)7-14-12(17)9-5-3-6-10(15)11(9)16/h3,5-6,8,15-16H,2,4,7H2,1H3,(H,14,17). The Morgan fingerprint density at radius 1 is 1.47 bits per heavy atom. The fraction of sp³-hybridized carbons (Fsp3) is 0.417. The molecule has 4 nitrogen and oxygen atoms in total. The molecule has 17 heavy (non-hydrogen) atoms. The predicted molar refractivity (Wildman–Crippen MR) is 66.7 cm³/mol. The van der Waals surface area contributed by atoms with E-state index in [0.29, 0.717) is 6.54 Å². The average molecular weight is 258 g/mol. The molecule has 0 aliphatic rings. The minimum Gasteiger partial charge on any atom is -0.504 e. The molecule has 1 amide bonds. The maximum absolute atomic E-state index is 11.7. The first kappa shape index (κ1) is 13.6. The third-order valence-corrected chi connectivity index (χ3v) is 2.72. The van der Waals surface area contributed by atoms with Gasteiger partial charge >= 0.3 is 0 Å². The largest absolute Gasteiger partial charge is 0.504 e. The number of alkyl halides is 1. The lowest BCUT2D eigenvalue weighted by molar-refractivity contribution is 0.0950. The molecule has 0 fully saturated rings. The maximum atomic E-state index is 11.7. The van der Waals surface area contributed by atoms with Crippen LogP contribution in [0.1, 0.15) is 30.1 Å². The number of aromatic hydroxyl groups is 2. The van der Waals surface area contributed by atoms with Gasteiger partial charge in [0, 0.05) is 6.54 Å². The molecule has 0 aliphatic carbocycles. The fourth-order valence-electron chi connectivity index (χ4n) is 1.43. The molecule has 0 saturated carbocycles. The molecular weight excluding hydrogens is 242 g/mol. The first-order valence-corrected chi connectivity index (χ1v) is 5.93. The summed E-state index contributed by atoms with van der Waals surface area (Å²) in [6, 6.07) is 4.25. The maximum Gasteiger partial charge on any atom is 0.255 e. The van der Waals surface area contributed by atoms with E-state index in [-0.39, 0.29) is 16.7 Å². The van der Waals surface area contributed by atoms with Crippen LogP contribution in [0.4, 0.5) is 0 Å². The van der Waals surface area contributed by atoms with Crippen molar-refractivity contribution < 1.29 is 15.0 Å². The molecule has 0 bridgehead atoms. The molecule has 0 radical (unpaired) electrons. The first-order chi connectivity index (χ1) is 8.06. The van der Waals surface area contributed by atoms with Crippen LogP contribution in [0.5, 0.6) is 11.5 Å². The lowest BCUT2D eigenvalue weighted by Gasteiger charge is -2.10. The predicted octanol–water partition coefficient (Wildman–Crippen LogP) is 2.24. The van der Waals surface area contributed by atoms with Gasteiger partial charge in [-0.15, -0.1) is 11.6 Å². The van der Waals surface area contributed by atoms with Crippen molar-refractivity contribution in [3.05, 3.63) is 23.8 Å². The van der Waals surface area contributed by atoms with E-state index in [0.717, 1.165) is 12.8 Å². The quantitative estimate of drug-likeness (QED) is 0.560. The Balaban J connectivity index is 2.61. The fourth-order valence-corrected chi connectivity index (χ4v) is 1.72. The summed E-state index contributed by atoms with van der Waals surface area (Å²) in [6.07, 6.45) is 1.76. The summed E-state index contributed by atoms with van der Waals surface area (Å²) in [7, 11) is 0. The van der Waals surface area contributed by atoms with Crippen LogP contribution in [0.25, 0.3) is 0 Å². The smallest absolute Gasteiger partial charge is 0.255 e. The number of phenols is 2. The van der Waals surface area contributed by atoms with Gasteiger partial charge in [0.25, 0.3) is 5.91 Å². The van der Waals surface area contributed by atoms with Gasteiger partial charge in [-0.05, 0) is 18.6 Å². The summed E-state index contributed by atoms with van der Waals surface area (Å²) in [5.74, 6) is -1.17. The number of amides is 1. The van der Waals surface area contributed by atoms with Crippen LogP contribution in [0.3, 0.4) is 0 Å². The van der Waals surface area contributed by atoms with Gasteiger partial charge in [0.2, 0.25) is 0 Å². The number of phenolic OH excluding ortho intramolecular Hbond substituents is 2. The van der Waals surface area contributed by atoms with Crippen molar-refractivity contribution in [1.82, 2.24) is 5.32 Å². The normalized spacial score (nSPS) is 12.1. The lowest BCUT2D eigenvalue weighted by atomic mass is 10.1. The number of para-hydroxylation sites is 1. The minimum absolute atomic E-state index is 0.0466. The summed E-state index contributed by atoms with van der Waals surface area (Å²) in [6.45, 7) is 2.35. The highest BCUT2D eigenvalue weighted by atomic mass is 35.5. The topological polar surface area (TPSA) is 69.6 Å². The molecule has 1 aromatic rings. The number of benzene rings is 1. The average Bonchev–Trinajstić information content (AvgIpc) is 2.30. The number of nitrogens with one attached hydrogen (secondary N) is 1. The molecule has 3 N–H and O–H groups in total. The van der Waals surface area contributed by atoms with Gasteiger partial charge in [-0.25, -0.2) is 0 Å². The van der Waals surface area contributed by atoms with Gasteiger partial charge in [-0.2, -0.15) is 0 Å². The van der Waals surface area contributed by atoms with Crippen LogP contribution in [0, 0.1) is 0 Å². The molecule has 5 heteroatoms. The van der Waals surface area contributed by atoms with E-state index < -0.39 is 11.7 Å². The second kappa shape index (κ2) is 6.35. The van der Waals surface area contributed by atoms with Gasteiger partial charge < -0.3 is 15.5 Å². The molecule has 0 spiro atoms. The molecule has 1 atom stereocenters. The molecule has 94 valence electrons. The highest BCUT2D eigenvalue weighted by molar-refractivity contribution is 6.20. The van der Waals surface area contributed by atoms with E-state index in [2.05, 4.69) is 5.32 Å². The summed E-state index contributed by atoms with van der Waals surface area (Å²) < 4.78 is 0. The SMILES string of the molecule is CCCC(Cl)CNC(=O)c1cccc(O)c1O. The van der Waals surface area contributed by atoms with Crippen LogP contribution in [-0.2, 0) is 0 Å². The third kappa shape index (κ3) is 3.82. The van der Waals surface area contributed by atoms with E-state index in [9.17, 15) is 15.0 Å². The molecule has 0 saturated heterocycles. The molecule has 0 aromatic heterocycles. The number of carbonyl (C=O) groups excluding carboxylic acids is 1. The molecule has 1 rings (SSSR count). The molecule has 0 aliphatic heterocycles. The van der Waals surface area contributed by atoms with Gasteiger partial charge in [0.1, 0.15) is 0 Å². The Hall–Kier alpha value is -1.42. The van der Waals surface area contributed by atoms with Crippen molar-refractivity contribution >= 4 is 17.5 Å². The first-order valence-electron chi connectivity index (χ1n) is 5.49. The lowest BCUT2D eigenvalue weighted by Crippen LogP contribution is -2.29. The summed E-state index contributed by atoms with van der Waals surface area (Å²) in [5.41, 5.74) is 0.0466. The number of rotatable bonds is 5. The highest BCUT2D eigenvalue weighted by Crippen LogP contribution is 2.27. The van der Waals surface area contributed by atoms with Crippen LogP contribution < -0.4 is 5.32 Å². The van der Waals surface area contributed by atoms with Crippen molar-refractivity contribution in [3.8, 4) is 11.5 Å².